The molecule has 0 radical (unpaired) electrons. The van der Waals surface area contributed by atoms with Crippen LogP contribution in [0.3, 0.4) is 0 Å². The summed E-state index contributed by atoms with van der Waals surface area (Å²) < 4.78 is 5.67. The van der Waals surface area contributed by atoms with Gasteiger partial charge >= 0.3 is 0 Å². The van der Waals surface area contributed by atoms with E-state index in [1.165, 1.54) is 12.8 Å². The molecule has 0 aromatic heterocycles. The van der Waals surface area contributed by atoms with Crippen LogP contribution in [0.5, 0.6) is 5.75 Å². The summed E-state index contributed by atoms with van der Waals surface area (Å²) in [6.07, 6.45) is 6.58. The first-order chi connectivity index (χ1) is 14.2. The summed E-state index contributed by atoms with van der Waals surface area (Å²) in [5, 5.41) is 2.89. The number of ether oxygens (including phenoxy) is 1. The first-order valence-corrected chi connectivity index (χ1v) is 10.6. The van der Waals surface area contributed by atoms with Crippen LogP contribution in [0.2, 0.25) is 0 Å². The van der Waals surface area contributed by atoms with Crippen molar-refractivity contribution in [2.24, 2.45) is 0 Å². The highest BCUT2D eigenvalue weighted by atomic mass is 16.5. The largest absolute Gasteiger partial charge is 0.494 e. The van der Waals surface area contributed by atoms with Crippen LogP contribution in [0.4, 0.5) is 5.69 Å². The van der Waals surface area contributed by atoms with Crippen LogP contribution >= 0.6 is 0 Å². The zero-order valence-electron chi connectivity index (χ0n) is 17.2. The fraction of sp³-hybridized carbons (Fsp3) is 0.417. The molecule has 3 rings (SSSR count). The Bertz CT molecular complexity index is 809. The Morgan fingerprint density at radius 3 is 2.38 bits per heavy atom. The Morgan fingerprint density at radius 2 is 1.69 bits per heavy atom. The third kappa shape index (κ3) is 6.08. The van der Waals surface area contributed by atoms with Gasteiger partial charge in [0.15, 0.2) is 0 Å². The number of carbonyl (C=O) groups is 2. The quantitative estimate of drug-likeness (QED) is 0.662. The number of unbranched alkanes of at least 4 members (excludes halogenated alkanes) is 1. The molecule has 29 heavy (non-hydrogen) atoms. The van der Waals surface area contributed by atoms with Crippen molar-refractivity contribution in [3.8, 4) is 5.75 Å². The zero-order valence-corrected chi connectivity index (χ0v) is 17.2. The van der Waals surface area contributed by atoms with Crippen LogP contribution in [0.1, 0.15) is 66.2 Å². The van der Waals surface area contributed by atoms with Gasteiger partial charge in [-0.05, 0) is 61.7 Å². The van der Waals surface area contributed by atoms with Gasteiger partial charge in [-0.3, -0.25) is 9.59 Å². The third-order valence-electron chi connectivity index (χ3n) is 5.15. The minimum atomic E-state index is -0.197. The molecule has 0 spiro atoms. The third-order valence-corrected chi connectivity index (χ3v) is 5.15. The minimum absolute atomic E-state index is 0.0710. The summed E-state index contributed by atoms with van der Waals surface area (Å²) in [5.74, 6) is 0.573. The number of amides is 2. The fourth-order valence-electron chi connectivity index (χ4n) is 3.42. The Balaban J connectivity index is 1.59. The van der Waals surface area contributed by atoms with Gasteiger partial charge in [0.25, 0.3) is 11.8 Å². The van der Waals surface area contributed by atoms with Gasteiger partial charge in [-0.15, -0.1) is 0 Å². The van der Waals surface area contributed by atoms with E-state index in [0.29, 0.717) is 29.2 Å². The fourth-order valence-corrected chi connectivity index (χ4v) is 3.42. The molecule has 2 amide bonds. The number of likely N-dealkylation sites (tertiary alicyclic amines) is 1. The Morgan fingerprint density at radius 1 is 0.966 bits per heavy atom. The predicted octanol–water partition coefficient (Wildman–Crippen LogP) is 5.13. The van der Waals surface area contributed by atoms with Crippen molar-refractivity contribution in [1.82, 2.24) is 4.90 Å². The molecule has 1 aliphatic rings. The Hall–Kier alpha value is -2.82. The molecular formula is C24H30N2O3. The van der Waals surface area contributed by atoms with E-state index in [0.717, 1.165) is 38.8 Å². The van der Waals surface area contributed by atoms with E-state index in [1.54, 1.807) is 36.4 Å². The number of hydrogen-bond acceptors (Lipinski definition) is 3. The topological polar surface area (TPSA) is 58.6 Å². The van der Waals surface area contributed by atoms with Crippen molar-refractivity contribution >= 4 is 17.5 Å². The first-order valence-electron chi connectivity index (χ1n) is 10.6. The van der Waals surface area contributed by atoms with Gasteiger partial charge in [0, 0.05) is 29.9 Å². The average molecular weight is 395 g/mol. The number of nitrogens with zero attached hydrogens (tertiary/aromatic N) is 1. The van der Waals surface area contributed by atoms with Crippen molar-refractivity contribution < 1.29 is 14.3 Å². The maximum Gasteiger partial charge on any atom is 0.255 e. The van der Waals surface area contributed by atoms with Gasteiger partial charge in [-0.2, -0.15) is 0 Å². The molecule has 1 heterocycles. The molecule has 2 aromatic carbocycles. The van der Waals surface area contributed by atoms with E-state index in [4.69, 9.17) is 4.74 Å². The van der Waals surface area contributed by atoms with E-state index in [1.807, 2.05) is 17.0 Å². The van der Waals surface area contributed by atoms with Crippen LogP contribution in [0, 0.1) is 0 Å². The standard InChI is InChI=1S/C24H30N2O3/c1-2-3-17-29-22-10-8-9-20(18-22)23(27)25-21-13-11-19(12-14-21)24(28)26-15-6-4-5-7-16-26/h8-14,18H,2-7,15-17H2,1H3,(H,25,27). The van der Waals surface area contributed by atoms with Crippen LogP contribution < -0.4 is 10.1 Å². The van der Waals surface area contributed by atoms with Crippen molar-refractivity contribution in [2.75, 3.05) is 25.0 Å². The highest BCUT2D eigenvalue weighted by Crippen LogP contribution is 2.18. The first kappa shape index (κ1) is 20.9. The number of nitrogens with one attached hydrogen (secondary N) is 1. The lowest BCUT2D eigenvalue weighted by Crippen LogP contribution is -2.31. The molecule has 0 atom stereocenters. The molecule has 1 N–H and O–H groups in total. The number of anilines is 1. The lowest BCUT2D eigenvalue weighted by atomic mass is 10.1. The highest BCUT2D eigenvalue weighted by Gasteiger charge is 2.17. The molecule has 1 aliphatic heterocycles. The SMILES string of the molecule is CCCCOc1cccc(C(=O)Nc2ccc(C(=O)N3CCCCCC3)cc2)c1. The average Bonchev–Trinajstić information content (AvgIpc) is 3.04. The molecule has 0 aliphatic carbocycles. The molecule has 0 unspecified atom stereocenters. The Kier molecular flexibility index (Phi) is 7.68. The predicted molar refractivity (Wildman–Crippen MR) is 116 cm³/mol. The van der Waals surface area contributed by atoms with Gasteiger partial charge in [0.05, 0.1) is 6.61 Å². The highest BCUT2D eigenvalue weighted by molar-refractivity contribution is 6.04. The smallest absolute Gasteiger partial charge is 0.255 e. The minimum Gasteiger partial charge on any atom is -0.494 e. The normalized spacial score (nSPS) is 14.2. The second-order valence-electron chi connectivity index (χ2n) is 7.47. The number of hydrogen-bond donors (Lipinski definition) is 1. The summed E-state index contributed by atoms with van der Waals surface area (Å²) in [5.41, 5.74) is 1.87. The second kappa shape index (κ2) is 10.6. The van der Waals surface area contributed by atoms with Crippen molar-refractivity contribution in [2.45, 2.75) is 45.4 Å². The molecule has 0 saturated carbocycles. The summed E-state index contributed by atoms with van der Waals surface area (Å²) in [7, 11) is 0. The molecule has 5 heteroatoms. The van der Waals surface area contributed by atoms with E-state index in [9.17, 15) is 9.59 Å². The number of carbonyl (C=O) groups excluding carboxylic acids is 2. The summed E-state index contributed by atoms with van der Waals surface area (Å²) in [4.78, 5) is 27.2. The van der Waals surface area contributed by atoms with Gasteiger partial charge in [-0.1, -0.05) is 32.3 Å². The van der Waals surface area contributed by atoms with Crippen LogP contribution in [-0.4, -0.2) is 36.4 Å². The molecule has 154 valence electrons. The van der Waals surface area contributed by atoms with Crippen molar-refractivity contribution in [1.29, 1.82) is 0 Å². The van der Waals surface area contributed by atoms with E-state index in [2.05, 4.69) is 12.2 Å². The molecule has 2 aromatic rings. The van der Waals surface area contributed by atoms with Crippen LogP contribution in [0.25, 0.3) is 0 Å². The Labute approximate surface area is 173 Å². The van der Waals surface area contributed by atoms with Crippen LogP contribution in [0.15, 0.2) is 48.5 Å². The van der Waals surface area contributed by atoms with Crippen molar-refractivity contribution in [3.63, 3.8) is 0 Å². The lowest BCUT2D eigenvalue weighted by molar-refractivity contribution is 0.0761. The molecular weight excluding hydrogens is 364 g/mol. The monoisotopic (exact) mass is 394 g/mol. The number of benzene rings is 2. The van der Waals surface area contributed by atoms with E-state index < -0.39 is 0 Å². The van der Waals surface area contributed by atoms with Crippen molar-refractivity contribution in [3.05, 3.63) is 59.7 Å². The lowest BCUT2D eigenvalue weighted by Gasteiger charge is -2.20. The summed E-state index contributed by atoms with van der Waals surface area (Å²) >= 11 is 0. The maximum absolute atomic E-state index is 12.7. The van der Waals surface area contributed by atoms with Gasteiger partial charge in [-0.25, -0.2) is 0 Å². The molecule has 1 saturated heterocycles. The second-order valence-corrected chi connectivity index (χ2v) is 7.47. The maximum atomic E-state index is 12.7. The van der Waals surface area contributed by atoms with E-state index >= 15 is 0 Å². The van der Waals surface area contributed by atoms with Gasteiger partial charge in [0.2, 0.25) is 0 Å². The summed E-state index contributed by atoms with van der Waals surface area (Å²) in [6, 6.07) is 14.3. The molecule has 0 bridgehead atoms. The van der Waals surface area contributed by atoms with Gasteiger partial charge < -0.3 is 15.0 Å². The van der Waals surface area contributed by atoms with Crippen LogP contribution in [-0.2, 0) is 0 Å². The number of rotatable bonds is 7. The van der Waals surface area contributed by atoms with E-state index in [-0.39, 0.29) is 11.8 Å². The molecule has 5 nitrogen and oxygen atoms in total. The summed E-state index contributed by atoms with van der Waals surface area (Å²) in [6.45, 7) is 4.41. The van der Waals surface area contributed by atoms with Gasteiger partial charge in [0.1, 0.15) is 5.75 Å². The zero-order chi connectivity index (χ0) is 20.5. The molecule has 1 fully saturated rings.